The lowest BCUT2D eigenvalue weighted by molar-refractivity contribution is -0.142. The molecule has 1 aromatic carbocycles. The molecule has 0 saturated heterocycles. The second-order valence-corrected chi connectivity index (χ2v) is 5.46. The molecule has 0 bridgehead atoms. The molecule has 0 aliphatic rings. The van der Waals surface area contributed by atoms with E-state index in [1.165, 1.54) is 12.7 Å². The number of methoxy groups -OCH3 is 1. The SMILES string of the molecule is CNC(CC(=O)OC)C(O)c1ccc(CC(C)C)cc1. The highest BCUT2D eigenvalue weighted by molar-refractivity contribution is 5.70. The van der Waals surface area contributed by atoms with E-state index in [2.05, 4.69) is 23.9 Å². The van der Waals surface area contributed by atoms with Crippen LogP contribution in [0.1, 0.15) is 37.5 Å². The van der Waals surface area contributed by atoms with E-state index in [1.807, 2.05) is 24.3 Å². The smallest absolute Gasteiger partial charge is 0.307 e. The molecule has 0 spiro atoms. The van der Waals surface area contributed by atoms with Crippen molar-refractivity contribution in [2.75, 3.05) is 14.2 Å². The third kappa shape index (κ3) is 4.94. The van der Waals surface area contributed by atoms with Crippen molar-refractivity contribution in [2.45, 2.75) is 38.8 Å². The molecule has 0 saturated carbocycles. The summed E-state index contributed by atoms with van der Waals surface area (Å²) in [5.74, 6) is 0.273. The molecule has 1 aromatic rings. The predicted molar refractivity (Wildman–Crippen MR) is 79.4 cm³/mol. The van der Waals surface area contributed by atoms with E-state index >= 15 is 0 Å². The van der Waals surface area contributed by atoms with Crippen LogP contribution in [0.25, 0.3) is 0 Å². The molecule has 2 N–H and O–H groups in total. The summed E-state index contributed by atoms with van der Waals surface area (Å²) in [6.07, 6.45) is 0.433. The molecule has 0 aromatic heterocycles. The van der Waals surface area contributed by atoms with Crippen LogP contribution in [-0.4, -0.2) is 31.3 Å². The Hall–Kier alpha value is -1.39. The first kappa shape index (κ1) is 16.7. The summed E-state index contributed by atoms with van der Waals surface area (Å²) >= 11 is 0. The summed E-state index contributed by atoms with van der Waals surface area (Å²) in [4.78, 5) is 11.3. The number of benzene rings is 1. The van der Waals surface area contributed by atoms with E-state index in [-0.39, 0.29) is 18.4 Å². The van der Waals surface area contributed by atoms with Gasteiger partial charge < -0.3 is 15.2 Å². The number of hydrogen-bond acceptors (Lipinski definition) is 4. The van der Waals surface area contributed by atoms with Gasteiger partial charge in [0, 0.05) is 6.04 Å². The molecule has 0 radical (unpaired) electrons. The number of likely N-dealkylation sites (N-methyl/N-ethyl adjacent to an activating group) is 1. The first-order chi connectivity index (χ1) is 9.47. The second-order valence-electron chi connectivity index (χ2n) is 5.46. The van der Waals surface area contributed by atoms with Crippen molar-refractivity contribution in [1.82, 2.24) is 5.32 Å². The second kappa shape index (κ2) is 8.02. The summed E-state index contributed by atoms with van der Waals surface area (Å²) in [7, 11) is 3.08. The van der Waals surface area contributed by atoms with Gasteiger partial charge >= 0.3 is 5.97 Å². The zero-order valence-electron chi connectivity index (χ0n) is 12.7. The van der Waals surface area contributed by atoms with Gasteiger partial charge in [0.1, 0.15) is 0 Å². The molecule has 0 amide bonds. The highest BCUT2D eigenvalue weighted by Crippen LogP contribution is 2.20. The van der Waals surface area contributed by atoms with Crippen LogP contribution in [-0.2, 0) is 16.0 Å². The zero-order chi connectivity index (χ0) is 15.1. The van der Waals surface area contributed by atoms with Gasteiger partial charge in [-0.15, -0.1) is 0 Å². The Labute approximate surface area is 121 Å². The Morgan fingerprint density at radius 3 is 2.35 bits per heavy atom. The third-order valence-electron chi connectivity index (χ3n) is 3.33. The van der Waals surface area contributed by atoms with Gasteiger partial charge in [-0.1, -0.05) is 38.1 Å². The number of aliphatic hydroxyl groups is 1. The average Bonchev–Trinajstić information content (AvgIpc) is 2.44. The zero-order valence-corrected chi connectivity index (χ0v) is 12.7. The highest BCUT2D eigenvalue weighted by atomic mass is 16.5. The maximum Gasteiger partial charge on any atom is 0.307 e. The molecule has 0 fully saturated rings. The van der Waals surface area contributed by atoms with Gasteiger partial charge in [-0.3, -0.25) is 4.79 Å². The maximum atomic E-state index is 11.3. The van der Waals surface area contributed by atoms with Gasteiger partial charge in [0.15, 0.2) is 0 Å². The van der Waals surface area contributed by atoms with Gasteiger partial charge in [-0.05, 0) is 30.5 Å². The quantitative estimate of drug-likeness (QED) is 0.750. The number of nitrogens with one attached hydrogen (secondary N) is 1. The third-order valence-corrected chi connectivity index (χ3v) is 3.33. The van der Waals surface area contributed by atoms with Crippen LogP contribution in [0, 0.1) is 5.92 Å². The normalized spacial score (nSPS) is 14.1. The number of esters is 1. The molecule has 2 atom stereocenters. The Kier molecular flexibility index (Phi) is 6.68. The number of rotatable bonds is 7. The Morgan fingerprint density at radius 2 is 1.90 bits per heavy atom. The van der Waals surface area contributed by atoms with Crippen LogP contribution in [0.4, 0.5) is 0 Å². The molecule has 4 nitrogen and oxygen atoms in total. The van der Waals surface area contributed by atoms with Crippen molar-refractivity contribution in [3.05, 3.63) is 35.4 Å². The molecule has 4 heteroatoms. The van der Waals surface area contributed by atoms with Crippen LogP contribution in [0.2, 0.25) is 0 Å². The van der Waals surface area contributed by atoms with Crippen molar-refractivity contribution in [1.29, 1.82) is 0 Å². The topological polar surface area (TPSA) is 58.6 Å². The minimum absolute atomic E-state index is 0.141. The fraction of sp³-hybridized carbons (Fsp3) is 0.562. The summed E-state index contributed by atoms with van der Waals surface area (Å²) < 4.78 is 4.64. The molecule has 2 unspecified atom stereocenters. The van der Waals surface area contributed by atoms with Crippen LogP contribution < -0.4 is 5.32 Å². The van der Waals surface area contributed by atoms with Gasteiger partial charge in [-0.2, -0.15) is 0 Å². The Balaban J connectivity index is 2.74. The minimum atomic E-state index is -0.729. The van der Waals surface area contributed by atoms with Crippen molar-refractivity contribution in [3.8, 4) is 0 Å². The lowest BCUT2D eigenvalue weighted by atomic mass is 9.96. The van der Waals surface area contributed by atoms with E-state index in [4.69, 9.17) is 0 Å². The molecular formula is C16H25NO3. The number of ether oxygens (including phenoxy) is 1. The van der Waals surface area contributed by atoms with E-state index in [0.717, 1.165) is 12.0 Å². The van der Waals surface area contributed by atoms with E-state index in [1.54, 1.807) is 7.05 Å². The van der Waals surface area contributed by atoms with E-state index in [0.29, 0.717) is 5.92 Å². The van der Waals surface area contributed by atoms with Crippen LogP contribution in [0.15, 0.2) is 24.3 Å². The first-order valence-corrected chi connectivity index (χ1v) is 6.99. The van der Waals surface area contributed by atoms with Gasteiger partial charge in [0.2, 0.25) is 0 Å². The average molecular weight is 279 g/mol. The largest absolute Gasteiger partial charge is 0.469 e. The summed E-state index contributed by atoms with van der Waals surface area (Å²) in [6.45, 7) is 4.35. The molecule has 0 heterocycles. The van der Waals surface area contributed by atoms with Crippen LogP contribution in [0.3, 0.4) is 0 Å². The van der Waals surface area contributed by atoms with Crippen LogP contribution >= 0.6 is 0 Å². The monoisotopic (exact) mass is 279 g/mol. The van der Waals surface area contributed by atoms with E-state index < -0.39 is 6.10 Å². The molecular weight excluding hydrogens is 254 g/mol. The molecule has 1 rings (SSSR count). The van der Waals surface area contributed by atoms with Crippen molar-refractivity contribution in [3.63, 3.8) is 0 Å². The molecule has 0 aliphatic carbocycles. The molecule has 20 heavy (non-hydrogen) atoms. The van der Waals surface area contributed by atoms with Crippen molar-refractivity contribution < 1.29 is 14.6 Å². The predicted octanol–water partition coefficient (Wildman–Crippen LogP) is 2.07. The Bertz CT molecular complexity index is 414. The number of carbonyl (C=O) groups is 1. The minimum Gasteiger partial charge on any atom is -0.469 e. The van der Waals surface area contributed by atoms with Gasteiger partial charge in [0.05, 0.1) is 19.6 Å². The standard InChI is InChI=1S/C16H25NO3/c1-11(2)9-12-5-7-13(8-6-12)16(19)14(17-3)10-15(18)20-4/h5-8,11,14,16-17,19H,9-10H2,1-4H3. The molecule has 112 valence electrons. The number of carbonyl (C=O) groups excluding carboxylic acids is 1. The summed E-state index contributed by atoms with van der Waals surface area (Å²) in [5.41, 5.74) is 2.06. The van der Waals surface area contributed by atoms with E-state index in [9.17, 15) is 9.90 Å². The fourth-order valence-electron chi connectivity index (χ4n) is 2.19. The van der Waals surface area contributed by atoms with Crippen LogP contribution in [0.5, 0.6) is 0 Å². The first-order valence-electron chi connectivity index (χ1n) is 6.99. The summed E-state index contributed by atoms with van der Waals surface area (Å²) in [5, 5.41) is 13.3. The Morgan fingerprint density at radius 1 is 1.30 bits per heavy atom. The fourth-order valence-corrected chi connectivity index (χ4v) is 2.19. The number of hydrogen-bond donors (Lipinski definition) is 2. The highest BCUT2D eigenvalue weighted by Gasteiger charge is 2.22. The van der Waals surface area contributed by atoms with Gasteiger partial charge in [-0.25, -0.2) is 0 Å². The van der Waals surface area contributed by atoms with Gasteiger partial charge in [0.25, 0.3) is 0 Å². The van der Waals surface area contributed by atoms with Crippen molar-refractivity contribution >= 4 is 5.97 Å². The lowest BCUT2D eigenvalue weighted by Crippen LogP contribution is -2.34. The van der Waals surface area contributed by atoms with Crippen molar-refractivity contribution in [2.24, 2.45) is 5.92 Å². The maximum absolute atomic E-state index is 11.3. The number of aliphatic hydroxyl groups excluding tert-OH is 1. The lowest BCUT2D eigenvalue weighted by Gasteiger charge is -2.22. The molecule has 0 aliphatic heterocycles. The summed E-state index contributed by atoms with van der Waals surface area (Å²) in [6, 6.07) is 7.55.